The smallest absolute Gasteiger partial charge is 0.341 e. The number of nitrogens with zero attached hydrogens (tertiary/aromatic N) is 1. The number of hydrogen-bond acceptors (Lipinski definition) is 7. The van der Waals surface area contributed by atoms with Crippen molar-refractivity contribution in [3.63, 3.8) is 0 Å². The maximum Gasteiger partial charge on any atom is 0.341 e. The second-order valence-corrected chi connectivity index (χ2v) is 8.02. The lowest BCUT2D eigenvalue weighted by Gasteiger charge is -2.40. The summed E-state index contributed by atoms with van der Waals surface area (Å²) in [6, 6.07) is 0. The van der Waals surface area contributed by atoms with Crippen LogP contribution in [0.15, 0.2) is 23.3 Å². The molecular formula is C19H28NO7+. The van der Waals surface area contributed by atoms with E-state index in [0.29, 0.717) is 25.1 Å². The molecule has 0 saturated carbocycles. The summed E-state index contributed by atoms with van der Waals surface area (Å²) in [7, 11) is 1.87. The molecule has 0 spiro atoms. The van der Waals surface area contributed by atoms with Crippen molar-refractivity contribution in [2.75, 3.05) is 33.4 Å². The first kappa shape index (κ1) is 20.0. The van der Waals surface area contributed by atoms with Crippen LogP contribution in [-0.2, 0) is 19.1 Å². The van der Waals surface area contributed by atoms with Crippen molar-refractivity contribution < 1.29 is 38.9 Å². The van der Waals surface area contributed by atoms with E-state index < -0.39 is 41.9 Å². The first-order valence-electron chi connectivity index (χ1n) is 9.25. The molecule has 0 aromatic rings. The predicted molar refractivity (Wildman–Crippen MR) is 94.0 cm³/mol. The molecule has 5 atom stereocenters. The average molecular weight is 382 g/mol. The van der Waals surface area contributed by atoms with Crippen molar-refractivity contribution in [2.45, 2.75) is 44.1 Å². The molecule has 3 heterocycles. The number of rotatable bonds is 1. The number of carbonyl (C=O) groups is 2. The number of cyclic esters (lactones) is 1. The first-order valence-corrected chi connectivity index (χ1v) is 9.25. The number of aliphatic hydroxyl groups is 3. The van der Waals surface area contributed by atoms with E-state index in [0.717, 1.165) is 0 Å². The molecule has 2 saturated heterocycles. The van der Waals surface area contributed by atoms with Gasteiger partial charge in [0.05, 0.1) is 25.8 Å². The van der Waals surface area contributed by atoms with Crippen LogP contribution in [0, 0.1) is 5.92 Å². The van der Waals surface area contributed by atoms with E-state index in [4.69, 9.17) is 9.47 Å². The van der Waals surface area contributed by atoms with Crippen LogP contribution in [0.1, 0.15) is 26.7 Å². The van der Waals surface area contributed by atoms with Crippen LogP contribution in [-0.4, -0.2) is 82.5 Å². The molecule has 3 rings (SSSR count). The van der Waals surface area contributed by atoms with E-state index in [1.54, 1.807) is 26.0 Å². The van der Waals surface area contributed by atoms with E-state index >= 15 is 0 Å². The minimum atomic E-state index is -2.15. The van der Waals surface area contributed by atoms with Crippen LogP contribution in [0.5, 0.6) is 0 Å². The van der Waals surface area contributed by atoms with Crippen LogP contribution >= 0.6 is 0 Å². The third-order valence-electron chi connectivity index (χ3n) is 6.52. The van der Waals surface area contributed by atoms with Crippen molar-refractivity contribution in [1.82, 2.24) is 0 Å². The molecule has 0 radical (unpaired) electrons. The number of aliphatic hydroxyl groups excluding tert-OH is 1. The lowest BCUT2D eigenvalue weighted by Crippen LogP contribution is -2.61. The molecule has 8 nitrogen and oxygen atoms in total. The van der Waals surface area contributed by atoms with Crippen LogP contribution in [0.3, 0.4) is 0 Å². The highest BCUT2D eigenvalue weighted by Crippen LogP contribution is 2.45. The minimum absolute atomic E-state index is 0.0292. The molecule has 0 aromatic carbocycles. The topological polar surface area (TPSA) is 113 Å². The minimum Gasteiger partial charge on any atom is -0.459 e. The molecule has 8 heteroatoms. The summed E-state index contributed by atoms with van der Waals surface area (Å²) in [6.07, 6.45) is 3.13. The summed E-state index contributed by atoms with van der Waals surface area (Å²) in [5.74, 6) is -2.33. The number of ether oxygens (including phenoxy) is 2. The zero-order valence-corrected chi connectivity index (χ0v) is 16.0. The number of carbonyl (C=O) groups excluding carboxylic acids is 2. The van der Waals surface area contributed by atoms with Gasteiger partial charge in [-0.05, 0) is 19.4 Å². The SMILES string of the molecule is C/C=C1/C[C@@H](C)[C@](O)(CO)C(=O)OCC2=CC[N+]3(C)CC[C@@H](OC1=O)[C@@]23O. The fourth-order valence-corrected chi connectivity index (χ4v) is 4.39. The van der Waals surface area contributed by atoms with Gasteiger partial charge in [-0.3, -0.25) is 4.48 Å². The van der Waals surface area contributed by atoms with Crippen LogP contribution in [0.2, 0.25) is 0 Å². The zero-order valence-electron chi connectivity index (χ0n) is 16.0. The number of quaternary nitrogens is 1. The van der Waals surface area contributed by atoms with Gasteiger partial charge in [-0.1, -0.05) is 13.0 Å². The van der Waals surface area contributed by atoms with Gasteiger partial charge in [-0.2, -0.15) is 0 Å². The van der Waals surface area contributed by atoms with E-state index in [9.17, 15) is 24.9 Å². The zero-order chi connectivity index (χ0) is 20.0. The van der Waals surface area contributed by atoms with Crippen molar-refractivity contribution >= 4 is 11.9 Å². The Morgan fingerprint density at radius 3 is 2.70 bits per heavy atom. The van der Waals surface area contributed by atoms with Gasteiger partial charge in [0.25, 0.3) is 5.72 Å². The summed E-state index contributed by atoms with van der Waals surface area (Å²) >= 11 is 0. The number of likely N-dealkylation sites (N-methyl/N-ethyl adjacent to an activating group) is 1. The molecule has 3 aliphatic rings. The summed E-state index contributed by atoms with van der Waals surface area (Å²) < 4.78 is 11.2. The normalized spacial score (nSPS) is 44.1. The molecule has 3 N–H and O–H groups in total. The third-order valence-corrected chi connectivity index (χ3v) is 6.52. The second kappa shape index (κ2) is 6.70. The maximum absolute atomic E-state index is 12.7. The first-order chi connectivity index (χ1) is 12.6. The fourth-order valence-electron chi connectivity index (χ4n) is 4.39. The highest BCUT2D eigenvalue weighted by molar-refractivity contribution is 5.89. The largest absolute Gasteiger partial charge is 0.459 e. The Morgan fingerprint density at radius 2 is 2.07 bits per heavy atom. The highest BCUT2D eigenvalue weighted by atomic mass is 16.6. The lowest BCUT2D eigenvalue weighted by atomic mass is 9.84. The Kier molecular flexibility index (Phi) is 4.96. The Labute approximate surface area is 158 Å². The molecule has 2 fully saturated rings. The maximum atomic E-state index is 12.7. The quantitative estimate of drug-likeness (QED) is 0.245. The van der Waals surface area contributed by atoms with Gasteiger partial charge in [0, 0.05) is 17.9 Å². The average Bonchev–Trinajstić information content (AvgIpc) is 3.04. The molecule has 3 aliphatic heterocycles. The Balaban J connectivity index is 2.02. The van der Waals surface area contributed by atoms with Gasteiger partial charge in [0.2, 0.25) is 0 Å². The van der Waals surface area contributed by atoms with Gasteiger partial charge >= 0.3 is 11.9 Å². The summed E-state index contributed by atoms with van der Waals surface area (Å²) in [4.78, 5) is 25.3. The van der Waals surface area contributed by atoms with Crippen molar-refractivity contribution in [2.24, 2.45) is 5.92 Å². The second-order valence-electron chi connectivity index (χ2n) is 8.02. The number of esters is 2. The van der Waals surface area contributed by atoms with Crippen LogP contribution in [0.4, 0.5) is 0 Å². The van der Waals surface area contributed by atoms with Gasteiger partial charge < -0.3 is 24.8 Å². The van der Waals surface area contributed by atoms with Gasteiger partial charge in [0.1, 0.15) is 13.2 Å². The van der Waals surface area contributed by atoms with E-state index in [-0.39, 0.29) is 23.1 Å². The summed E-state index contributed by atoms with van der Waals surface area (Å²) in [5.41, 5.74) is -2.90. The summed E-state index contributed by atoms with van der Waals surface area (Å²) in [6.45, 7) is 3.30. The van der Waals surface area contributed by atoms with Crippen molar-refractivity contribution in [3.05, 3.63) is 23.3 Å². The van der Waals surface area contributed by atoms with Gasteiger partial charge in [-0.15, -0.1) is 0 Å². The summed E-state index contributed by atoms with van der Waals surface area (Å²) in [5, 5.41) is 31.8. The molecular weight excluding hydrogens is 354 g/mol. The van der Waals surface area contributed by atoms with Gasteiger partial charge in [0.15, 0.2) is 11.7 Å². The van der Waals surface area contributed by atoms with Crippen molar-refractivity contribution in [3.8, 4) is 0 Å². The van der Waals surface area contributed by atoms with Crippen LogP contribution < -0.4 is 0 Å². The Bertz CT molecular complexity index is 717. The standard InChI is InChI=1S/C19H28NO7/c1-4-13-9-12(2)18(24,11-21)17(23)26-10-14-5-7-20(3)8-6-15(19(14,20)25)27-16(13)22/h4-5,12,15,21,24-25H,6-11H2,1-3H3/q+1/b13-4-/t12-,15-,18-,19+,20?/m1/s1. The molecule has 27 heavy (non-hydrogen) atoms. The Hall–Kier alpha value is -1.74. The predicted octanol–water partition coefficient (Wildman–Crippen LogP) is -0.370. The monoisotopic (exact) mass is 382 g/mol. The third kappa shape index (κ3) is 2.82. The molecule has 0 bridgehead atoms. The molecule has 0 aliphatic carbocycles. The molecule has 150 valence electrons. The van der Waals surface area contributed by atoms with E-state index in [1.165, 1.54) is 0 Å². The lowest BCUT2D eigenvalue weighted by molar-refractivity contribution is -0.955. The highest BCUT2D eigenvalue weighted by Gasteiger charge is 2.65. The van der Waals surface area contributed by atoms with E-state index in [1.807, 2.05) is 7.05 Å². The number of allylic oxidation sites excluding steroid dienone is 1. The number of hydrogen-bond donors (Lipinski definition) is 3. The Morgan fingerprint density at radius 1 is 1.37 bits per heavy atom. The van der Waals surface area contributed by atoms with E-state index in [2.05, 4.69) is 0 Å². The van der Waals surface area contributed by atoms with Gasteiger partial charge in [-0.25, -0.2) is 9.59 Å². The molecule has 0 aromatic heterocycles. The van der Waals surface area contributed by atoms with Crippen LogP contribution in [0.25, 0.3) is 0 Å². The molecule has 0 amide bonds. The molecule has 1 unspecified atom stereocenters. The van der Waals surface area contributed by atoms with Crippen molar-refractivity contribution in [1.29, 1.82) is 0 Å². The fraction of sp³-hybridized carbons (Fsp3) is 0.684.